The summed E-state index contributed by atoms with van der Waals surface area (Å²) in [6.07, 6.45) is 6.73. The van der Waals surface area contributed by atoms with Crippen molar-refractivity contribution >= 4 is 39.4 Å². The summed E-state index contributed by atoms with van der Waals surface area (Å²) in [4.78, 5) is 2.65. The number of thiophene rings is 1. The highest BCUT2D eigenvalue weighted by molar-refractivity contribution is 7.19. The molecule has 2 heterocycles. The smallest absolute Gasteiger partial charge is 0.152 e. The fourth-order valence-corrected chi connectivity index (χ4v) is 7.44. The monoisotopic (exact) mass is 528 g/mol. The molecular weight excluding hydrogens is 504 g/mol. The van der Waals surface area contributed by atoms with Crippen LogP contribution in [0.5, 0.6) is 0 Å². The molecule has 2 aromatic heterocycles. The van der Waals surface area contributed by atoms with Gasteiger partial charge in [-0.3, -0.25) is 0 Å². The van der Waals surface area contributed by atoms with Crippen LogP contribution >= 0.6 is 11.3 Å². The van der Waals surface area contributed by atoms with Crippen LogP contribution in [0.3, 0.4) is 0 Å². The zero-order chi connectivity index (χ0) is 26.5. The van der Waals surface area contributed by atoms with Crippen LogP contribution in [0.15, 0.2) is 120 Å². The van der Waals surface area contributed by atoms with Gasteiger partial charge in [0.1, 0.15) is 5.58 Å². The van der Waals surface area contributed by atoms with E-state index in [-0.39, 0.29) is 0 Å². The largest absolute Gasteiger partial charge is 0.455 e. The van der Waals surface area contributed by atoms with Crippen molar-refractivity contribution in [1.29, 1.82) is 0 Å². The van der Waals surface area contributed by atoms with Crippen LogP contribution in [-0.2, 0) is 6.42 Å². The highest BCUT2D eigenvalue weighted by Crippen LogP contribution is 2.49. The van der Waals surface area contributed by atoms with Gasteiger partial charge in [0.05, 0.1) is 5.56 Å². The Hall–Kier alpha value is -4.84. The van der Waals surface area contributed by atoms with E-state index >= 15 is 0 Å². The molecule has 7 aromatic rings. The van der Waals surface area contributed by atoms with Gasteiger partial charge in [-0.05, 0) is 41.2 Å². The third-order valence-electron chi connectivity index (χ3n) is 7.87. The van der Waals surface area contributed by atoms with Gasteiger partial charge in [0.15, 0.2) is 5.58 Å². The van der Waals surface area contributed by atoms with E-state index in [1.165, 1.54) is 43.1 Å². The van der Waals surface area contributed by atoms with E-state index in [1.807, 2.05) is 29.5 Å². The van der Waals surface area contributed by atoms with Gasteiger partial charge in [-0.2, -0.15) is 0 Å². The molecule has 1 nitrogen and oxygen atoms in total. The van der Waals surface area contributed by atoms with Crippen molar-refractivity contribution in [1.82, 2.24) is 0 Å². The summed E-state index contributed by atoms with van der Waals surface area (Å²) in [6.45, 7) is 0. The fourth-order valence-electron chi connectivity index (χ4n) is 6.02. The number of para-hydroxylation sites is 1. The second-order valence-corrected chi connectivity index (χ2v) is 11.2. The normalized spacial score (nSPS) is 12.5. The molecule has 2 heteroatoms. The molecule has 5 aromatic carbocycles. The van der Waals surface area contributed by atoms with Gasteiger partial charge in [-0.15, -0.1) is 11.3 Å². The van der Waals surface area contributed by atoms with Crippen LogP contribution in [0, 0.1) is 12.1 Å². The Labute approximate surface area is 237 Å². The average molecular weight is 529 g/mol. The van der Waals surface area contributed by atoms with Crippen molar-refractivity contribution in [3.05, 3.63) is 139 Å². The molecule has 0 bridgehead atoms. The maximum atomic E-state index is 6.42. The molecule has 1 aliphatic rings. The molecule has 0 saturated carbocycles. The lowest BCUT2D eigenvalue weighted by Crippen LogP contribution is -1.94. The lowest BCUT2D eigenvalue weighted by Gasteiger charge is -2.13. The Balaban J connectivity index is 1.36. The second kappa shape index (κ2) is 9.42. The van der Waals surface area contributed by atoms with E-state index in [0.717, 1.165) is 45.9 Å². The molecule has 0 atom stereocenters. The first-order chi connectivity index (χ1) is 19.9. The molecular formula is C38H24OS. The predicted octanol–water partition coefficient (Wildman–Crippen LogP) is 10.9. The Morgan fingerprint density at radius 3 is 2.20 bits per heavy atom. The van der Waals surface area contributed by atoms with Gasteiger partial charge in [-0.25, -0.2) is 0 Å². The minimum atomic E-state index is 0.868. The maximum absolute atomic E-state index is 6.42. The number of allylic oxidation sites excluding steroid dienone is 1. The third kappa shape index (κ3) is 3.63. The third-order valence-corrected chi connectivity index (χ3v) is 9.18. The molecule has 0 saturated heterocycles. The Kier molecular flexibility index (Phi) is 5.43. The highest BCUT2D eigenvalue weighted by atomic mass is 32.1. The summed E-state index contributed by atoms with van der Waals surface area (Å²) in [5.74, 6) is 0. The average Bonchev–Trinajstić information content (AvgIpc) is 3.61. The summed E-state index contributed by atoms with van der Waals surface area (Å²) in [7, 11) is 0. The highest BCUT2D eigenvalue weighted by Gasteiger charge is 2.24. The predicted molar refractivity (Wildman–Crippen MR) is 168 cm³/mol. The van der Waals surface area contributed by atoms with E-state index in [2.05, 4.69) is 115 Å². The number of hydrogen-bond donors (Lipinski definition) is 0. The molecule has 0 amide bonds. The standard InChI is InChI=1S/C38H24OS/c1-2-13-25(14-3-1)26-15-4-6-18-31(26)37-33-20-8-9-21-34(33)38(40-37)32-19-7-5-16-27(32)29-22-12-23-30-28-17-10-11-24-35(28)39-36(29)30/h1-8,10-11,13-20,23-24H,9,21H2. The summed E-state index contributed by atoms with van der Waals surface area (Å²) in [6, 6.07) is 45.1. The van der Waals surface area contributed by atoms with Crippen molar-refractivity contribution in [3.8, 4) is 43.1 Å². The van der Waals surface area contributed by atoms with Gasteiger partial charge in [0.25, 0.3) is 0 Å². The first-order valence-electron chi connectivity index (χ1n) is 13.7. The van der Waals surface area contributed by atoms with Crippen LogP contribution in [0.2, 0.25) is 0 Å². The lowest BCUT2D eigenvalue weighted by atomic mass is 9.90. The summed E-state index contributed by atoms with van der Waals surface area (Å²) < 4.78 is 6.42. The molecule has 0 spiro atoms. The van der Waals surface area contributed by atoms with Gasteiger partial charge in [-0.1, -0.05) is 121 Å². The van der Waals surface area contributed by atoms with Gasteiger partial charge >= 0.3 is 0 Å². The Morgan fingerprint density at radius 1 is 0.650 bits per heavy atom. The fraction of sp³-hybridized carbons (Fsp3) is 0.0526. The van der Waals surface area contributed by atoms with Gasteiger partial charge in [0, 0.05) is 43.3 Å². The summed E-state index contributed by atoms with van der Waals surface area (Å²) in [5, 5.41) is 2.19. The number of fused-ring (bicyclic) bond motifs is 4. The van der Waals surface area contributed by atoms with Crippen molar-refractivity contribution in [2.75, 3.05) is 0 Å². The topological polar surface area (TPSA) is 13.1 Å². The van der Waals surface area contributed by atoms with E-state index in [0.29, 0.717) is 0 Å². The minimum Gasteiger partial charge on any atom is -0.455 e. The first kappa shape index (κ1) is 23.1. The van der Waals surface area contributed by atoms with Crippen molar-refractivity contribution in [3.63, 3.8) is 0 Å². The molecule has 0 aliphatic heterocycles. The van der Waals surface area contributed by atoms with E-state index < -0.39 is 0 Å². The molecule has 40 heavy (non-hydrogen) atoms. The minimum absolute atomic E-state index is 0.868. The molecule has 8 rings (SSSR count). The Morgan fingerprint density at radius 2 is 1.35 bits per heavy atom. The SMILES string of the molecule is c1cc2c(oc3ccccc32)c(-c2ccccc2-c2sc(-c3ccccc3-c3ccccc3)c3c2CCC=C3)c#1. The maximum Gasteiger partial charge on any atom is 0.152 e. The van der Waals surface area contributed by atoms with Crippen molar-refractivity contribution in [2.24, 2.45) is 0 Å². The van der Waals surface area contributed by atoms with E-state index in [9.17, 15) is 0 Å². The van der Waals surface area contributed by atoms with Crippen LogP contribution in [0.4, 0.5) is 0 Å². The van der Waals surface area contributed by atoms with Crippen LogP contribution in [0.25, 0.3) is 71.1 Å². The molecule has 0 unspecified atom stereocenters. The van der Waals surface area contributed by atoms with Crippen molar-refractivity contribution < 1.29 is 4.42 Å². The zero-order valence-corrected chi connectivity index (χ0v) is 22.6. The number of hydrogen-bond acceptors (Lipinski definition) is 2. The number of rotatable bonds is 4. The first-order valence-corrected chi connectivity index (χ1v) is 14.5. The van der Waals surface area contributed by atoms with Gasteiger partial charge in [0.2, 0.25) is 0 Å². The molecule has 0 N–H and O–H groups in total. The zero-order valence-electron chi connectivity index (χ0n) is 21.8. The van der Waals surface area contributed by atoms with Crippen molar-refractivity contribution in [2.45, 2.75) is 12.8 Å². The summed E-state index contributed by atoms with van der Waals surface area (Å²) in [5.41, 5.74) is 11.6. The van der Waals surface area contributed by atoms with Gasteiger partial charge < -0.3 is 4.42 Å². The van der Waals surface area contributed by atoms with Crippen LogP contribution in [-0.4, -0.2) is 0 Å². The molecule has 0 fully saturated rings. The quantitative estimate of drug-likeness (QED) is 0.221. The van der Waals surface area contributed by atoms with E-state index in [1.54, 1.807) is 0 Å². The Bertz CT molecular complexity index is 2050. The molecule has 188 valence electrons. The van der Waals surface area contributed by atoms with Crippen LogP contribution in [0.1, 0.15) is 17.5 Å². The molecule has 0 radical (unpaired) electrons. The number of furan rings is 1. The number of benzene rings is 4. The summed E-state index contributed by atoms with van der Waals surface area (Å²) >= 11 is 1.90. The lowest BCUT2D eigenvalue weighted by molar-refractivity contribution is 0.670. The second-order valence-electron chi connectivity index (χ2n) is 10.2. The molecule has 1 aliphatic carbocycles. The van der Waals surface area contributed by atoms with E-state index in [4.69, 9.17) is 4.42 Å². The van der Waals surface area contributed by atoms with Crippen LogP contribution < -0.4 is 0 Å².